The van der Waals surface area contributed by atoms with E-state index in [0.717, 1.165) is 11.4 Å². The zero-order valence-corrected chi connectivity index (χ0v) is 13.7. The van der Waals surface area contributed by atoms with Crippen molar-refractivity contribution in [2.45, 2.75) is 33.8 Å². The van der Waals surface area contributed by atoms with E-state index in [2.05, 4.69) is 15.1 Å². The van der Waals surface area contributed by atoms with Gasteiger partial charge in [0.2, 0.25) is 0 Å². The lowest BCUT2D eigenvalue weighted by molar-refractivity contribution is -0.130. The molecule has 2 aromatic heterocycles. The number of nitrogens with one attached hydrogen (secondary N) is 1. The highest BCUT2D eigenvalue weighted by Crippen LogP contribution is 2.11. The number of ether oxygens (including phenoxy) is 1. The molecular weight excluding hydrogens is 316 g/mol. The standard InChI is InChI=1S/C14H18N6O4/c1-6(2)9(11(21)18-13(15)23)24-12(22)10-17-14-16-7(3)5-8(4)20(14)19-10/h5-6,9H,1-4H3,(H3,15,18,21,23)/t9-/m1/s1. The molecule has 0 bridgehead atoms. The van der Waals surface area contributed by atoms with E-state index in [1.54, 1.807) is 33.8 Å². The molecule has 0 aliphatic carbocycles. The average molecular weight is 334 g/mol. The summed E-state index contributed by atoms with van der Waals surface area (Å²) in [4.78, 5) is 43.1. The quantitative estimate of drug-likeness (QED) is 0.756. The van der Waals surface area contributed by atoms with Crippen LogP contribution in [-0.4, -0.2) is 43.6 Å². The second-order valence-electron chi connectivity index (χ2n) is 5.61. The molecule has 0 spiro atoms. The molecule has 0 radical (unpaired) electrons. The van der Waals surface area contributed by atoms with E-state index in [1.165, 1.54) is 4.52 Å². The van der Waals surface area contributed by atoms with E-state index in [9.17, 15) is 14.4 Å². The summed E-state index contributed by atoms with van der Waals surface area (Å²) in [6.07, 6.45) is -1.20. The molecular formula is C14H18N6O4. The molecule has 10 heteroatoms. The van der Waals surface area contributed by atoms with Gasteiger partial charge in [-0.15, -0.1) is 5.10 Å². The molecule has 0 aliphatic heterocycles. The second kappa shape index (κ2) is 6.60. The third-order valence-corrected chi connectivity index (χ3v) is 3.15. The Morgan fingerprint density at radius 1 is 1.25 bits per heavy atom. The third-order valence-electron chi connectivity index (χ3n) is 3.15. The molecule has 2 aromatic rings. The number of aryl methyl sites for hydroxylation is 2. The van der Waals surface area contributed by atoms with Crippen LogP contribution in [0.25, 0.3) is 5.78 Å². The normalized spacial score (nSPS) is 12.2. The van der Waals surface area contributed by atoms with E-state index in [1.807, 2.05) is 5.32 Å². The van der Waals surface area contributed by atoms with Gasteiger partial charge in [-0.3, -0.25) is 10.1 Å². The summed E-state index contributed by atoms with van der Waals surface area (Å²) in [5.41, 5.74) is 6.38. The Kier molecular flexibility index (Phi) is 4.77. The van der Waals surface area contributed by atoms with Gasteiger partial charge in [-0.05, 0) is 25.8 Å². The number of rotatable bonds is 4. The number of fused-ring (bicyclic) bond motifs is 1. The number of nitrogens with two attached hydrogens (primary N) is 1. The summed E-state index contributed by atoms with van der Waals surface area (Å²) in [5, 5.41) is 5.92. The van der Waals surface area contributed by atoms with E-state index in [-0.39, 0.29) is 17.5 Å². The van der Waals surface area contributed by atoms with Crippen molar-refractivity contribution < 1.29 is 19.1 Å². The maximum absolute atomic E-state index is 12.2. The lowest BCUT2D eigenvalue weighted by atomic mass is 10.1. The van der Waals surface area contributed by atoms with Crippen LogP contribution in [0.2, 0.25) is 0 Å². The molecule has 2 rings (SSSR count). The number of imide groups is 1. The largest absolute Gasteiger partial charge is 0.446 e. The van der Waals surface area contributed by atoms with Crippen LogP contribution >= 0.6 is 0 Å². The van der Waals surface area contributed by atoms with Crippen LogP contribution in [0, 0.1) is 19.8 Å². The minimum Gasteiger partial charge on any atom is -0.446 e. The van der Waals surface area contributed by atoms with Crippen LogP contribution < -0.4 is 11.1 Å². The Balaban J connectivity index is 2.25. The summed E-state index contributed by atoms with van der Waals surface area (Å²) in [6, 6.07) is 0.761. The molecule has 0 fully saturated rings. The Morgan fingerprint density at radius 3 is 2.50 bits per heavy atom. The first-order chi connectivity index (χ1) is 11.2. The van der Waals surface area contributed by atoms with Crippen molar-refractivity contribution in [2.75, 3.05) is 0 Å². The van der Waals surface area contributed by atoms with Crippen molar-refractivity contribution in [3.63, 3.8) is 0 Å². The van der Waals surface area contributed by atoms with Gasteiger partial charge in [0.05, 0.1) is 0 Å². The predicted octanol–water partition coefficient (Wildman–Crippen LogP) is 0.117. The predicted molar refractivity (Wildman–Crippen MR) is 82.0 cm³/mol. The number of hydrogen-bond acceptors (Lipinski definition) is 7. The maximum atomic E-state index is 12.2. The molecule has 3 amide bonds. The zero-order valence-electron chi connectivity index (χ0n) is 13.7. The number of hydrogen-bond donors (Lipinski definition) is 2. The van der Waals surface area contributed by atoms with E-state index >= 15 is 0 Å². The summed E-state index contributed by atoms with van der Waals surface area (Å²) in [5.74, 6) is -2.06. The maximum Gasteiger partial charge on any atom is 0.379 e. The molecule has 1 atom stereocenters. The Morgan fingerprint density at radius 2 is 1.92 bits per heavy atom. The van der Waals surface area contributed by atoms with Crippen molar-refractivity contribution in [1.29, 1.82) is 0 Å². The highest BCUT2D eigenvalue weighted by molar-refractivity contribution is 5.97. The van der Waals surface area contributed by atoms with Crippen molar-refractivity contribution in [2.24, 2.45) is 11.7 Å². The van der Waals surface area contributed by atoms with Gasteiger partial charge in [0, 0.05) is 11.4 Å². The lowest BCUT2D eigenvalue weighted by Gasteiger charge is -2.18. The first kappa shape index (κ1) is 17.3. The van der Waals surface area contributed by atoms with Gasteiger partial charge < -0.3 is 10.5 Å². The lowest BCUT2D eigenvalue weighted by Crippen LogP contribution is -2.45. The van der Waals surface area contributed by atoms with Crippen LogP contribution in [0.15, 0.2) is 6.07 Å². The number of esters is 1. The van der Waals surface area contributed by atoms with E-state index in [0.29, 0.717) is 0 Å². The van der Waals surface area contributed by atoms with Gasteiger partial charge >= 0.3 is 12.0 Å². The van der Waals surface area contributed by atoms with Crippen molar-refractivity contribution in [1.82, 2.24) is 24.9 Å². The number of aromatic nitrogens is 4. The van der Waals surface area contributed by atoms with E-state index in [4.69, 9.17) is 10.5 Å². The smallest absolute Gasteiger partial charge is 0.379 e. The minimum absolute atomic E-state index is 0.228. The third kappa shape index (κ3) is 3.65. The number of amides is 3. The van der Waals surface area contributed by atoms with Crippen LogP contribution in [0.3, 0.4) is 0 Å². The summed E-state index contributed by atoms with van der Waals surface area (Å²) in [7, 11) is 0. The Bertz CT molecular complexity index is 813. The van der Waals surface area contributed by atoms with Gasteiger partial charge in [0.25, 0.3) is 17.5 Å². The number of carbonyl (C=O) groups is 3. The minimum atomic E-state index is -1.20. The molecule has 3 N–H and O–H groups in total. The van der Waals surface area contributed by atoms with Crippen LogP contribution in [-0.2, 0) is 9.53 Å². The van der Waals surface area contributed by atoms with Gasteiger partial charge in [-0.1, -0.05) is 13.8 Å². The fourth-order valence-corrected chi connectivity index (χ4v) is 2.11. The Hall–Kier alpha value is -3.04. The van der Waals surface area contributed by atoms with Crippen LogP contribution in [0.1, 0.15) is 35.9 Å². The van der Waals surface area contributed by atoms with Crippen LogP contribution in [0.5, 0.6) is 0 Å². The molecule has 128 valence electrons. The second-order valence-corrected chi connectivity index (χ2v) is 5.61. The Labute approximate surface area is 137 Å². The van der Waals surface area contributed by atoms with Crippen molar-refractivity contribution >= 4 is 23.7 Å². The fourth-order valence-electron chi connectivity index (χ4n) is 2.11. The van der Waals surface area contributed by atoms with Gasteiger partial charge in [0.1, 0.15) is 0 Å². The van der Waals surface area contributed by atoms with E-state index < -0.39 is 24.0 Å². The zero-order chi connectivity index (χ0) is 18.0. The van der Waals surface area contributed by atoms with Crippen molar-refractivity contribution in [3.8, 4) is 0 Å². The average Bonchev–Trinajstić information content (AvgIpc) is 2.87. The number of primary amides is 1. The monoisotopic (exact) mass is 334 g/mol. The highest BCUT2D eigenvalue weighted by atomic mass is 16.5. The van der Waals surface area contributed by atoms with Crippen LogP contribution in [0.4, 0.5) is 4.79 Å². The first-order valence-corrected chi connectivity index (χ1v) is 7.21. The topological polar surface area (TPSA) is 142 Å². The highest BCUT2D eigenvalue weighted by Gasteiger charge is 2.29. The molecule has 0 aromatic carbocycles. The van der Waals surface area contributed by atoms with Crippen molar-refractivity contribution in [3.05, 3.63) is 23.3 Å². The molecule has 10 nitrogen and oxygen atoms in total. The molecule has 0 aliphatic rings. The number of urea groups is 1. The molecule has 2 heterocycles. The first-order valence-electron chi connectivity index (χ1n) is 7.21. The SMILES string of the molecule is Cc1cc(C)n2nc(C(=O)O[C@@H](C(=O)NC(N)=O)C(C)C)nc2n1. The summed E-state index contributed by atoms with van der Waals surface area (Å²) in [6.45, 7) is 6.90. The molecule has 0 saturated carbocycles. The summed E-state index contributed by atoms with van der Waals surface area (Å²) < 4.78 is 6.54. The number of carbonyl (C=O) groups excluding carboxylic acids is 3. The molecule has 24 heavy (non-hydrogen) atoms. The van der Waals surface area contributed by atoms with Gasteiger partial charge in [0.15, 0.2) is 6.10 Å². The molecule has 0 saturated heterocycles. The molecule has 0 unspecified atom stereocenters. The fraction of sp³-hybridized carbons (Fsp3) is 0.429. The van der Waals surface area contributed by atoms with Gasteiger partial charge in [-0.25, -0.2) is 19.1 Å². The summed E-state index contributed by atoms with van der Waals surface area (Å²) >= 11 is 0. The number of nitrogens with zero attached hydrogens (tertiary/aromatic N) is 4. The van der Waals surface area contributed by atoms with Gasteiger partial charge in [-0.2, -0.15) is 4.98 Å².